The van der Waals surface area contributed by atoms with Crippen LogP contribution in [0.5, 0.6) is 0 Å². The summed E-state index contributed by atoms with van der Waals surface area (Å²) in [6, 6.07) is -0.896. The second-order valence-corrected chi connectivity index (χ2v) is 20.3. The van der Waals surface area contributed by atoms with Crippen molar-refractivity contribution in [1.29, 1.82) is 0 Å². The number of rotatable bonds is 47. The molecule has 0 fully saturated rings. The Morgan fingerprint density at radius 3 is 1.35 bits per heavy atom. The van der Waals surface area contributed by atoms with Gasteiger partial charge >= 0.3 is 7.82 Å². The number of likely N-dealkylation sites (N-methyl/N-ethyl adjacent to an activating group) is 1. The van der Waals surface area contributed by atoms with Crippen LogP contribution in [0.4, 0.5) is 0 Å². The van der Waals surface area contributed by atoms with Crippen LogP contribution < -0.4 is 5.32 Å². The van der Waals surface area contributed by atoms with Crippen molar-refractivity contribution in [3.63, 3.8) is 0 Å². The van der Waals surface area contributed by atoms with Crippen LogP contribution in [0.2, 0.25) is 0 Å². The van der Waals surface area contributed by atoms with Crippen molar-refractivity contribution in [1.82, 2.24) is 5.32 Å². The van der Waals surface area contributed by atoms with Gasteiger partial charge in [-0.3, -0.25) is 13.8 Å². The number of quaternary nitrogens is 1. The van der Waals surface area contributed by atoms with E-state index in [1.54, 1.807) is 6.08 Å². The van der Waals surface area contributed by atoms with Gasteiger partial charge in [-0.15, -0.1) is 0 Å². The van der Waals surface area contributed by atoms with Crippen molar-refractivity contribution in [2.45, 2.75) is 206 Å². The summed E-state index contributed by atoms with van der Waals surface area (Å²) in [5.41, 5.74) is 0. The van der Waals surface area contributed by atoms with E-state index >= 15 is 0 Å². The molecular weight excluding hydrogens is 864 g/mol. The Hall–Kier alpha value is -3.10. The second kappa shape index (κ2) is 48.9. The van der Waals surface area contributed by atoms with E-state index in [0.29, 0.717) is 17.4 Å². The van der Waals surface area contributed by atoms with Crippen molar-refractivity contribution in [3.8, 4) is 0 Å². The maximum absolute atomic E-state index is 12.9. The Labute approximate surface area is 418 Å². The summed E-state index contributed by atoms with van der Waals surface area (Å²) in [6.45, 7) is 4.63. The molecule has 8 nitrogen and oxygen atoms in total. The lowest BCUT2D eigenvalue weighted by atomic mass is 10.0. The number of amides is 1. The number of aliphatic hydroxyl groups is 1. The van der Waals surface area contributed by atoms with Crippen LogP contribution in [0, 0.1) is 0 Å². The standard InChI is InChI=1S/C59H101N2O6P/c1-6-8-10-12-14-16-18-20-22-24-26-27-28-29-30-31-32-33-35-37-39-41-43-45-47-49-51-53-59(63)60-57(56-67-68(64,65)66-55-54-61(3,4)5)58(62)52-50-48-46-44-42-40-38-36-34-25-23-21-19-17-15-13-11-9-7-2/h8,10,14,16,20,22,26-27,29-30,32-33,37,39,42-45,50,52,57-58,62H,6-7,9,11-13,15,17-19,21,23-25,28,31,34-36,38,40-41,46-49,51,53-56H2,1-5H3,(H-,60,63,64,65)/p+1/b10-8-,16-14-,22-20-,27-26-,30-29-,33-32-,39-37-,44-42+,45-43-,52-50+. The summed E-state index contributed by atoms with van der Waals surface area (Å²) in [7, 11) is 1.50. The molecule has 1 amide bonds. The molecule has 0 heterocycles. The molecule has 0 saturated carbocycles. The van der Waals surface area contributed by atoms with E-state index in [1.807, 2.05) is 27.2 Å². The molecule has 0 aromatic rings. The van der Waals surface area contributed by atoms with E-state index in [9.17, 15) is 19.4 Å². The average Bonchev–Trinajstić information content (AvgIpc) is 3.30. The Morgan fingerprint density at radius 1 is 0.515 bits per heavy atom. The third-order valence-electron chi connectivity index (χ3n) is 11.2. The van der Waals surface area contributed by atoms with Gasteiger partial charge in [-0.1, -0.05) is 212 Å². The number of allylic oxidation sites excluding steroid dienone is 19. The molecule has 0 radical (unpaired) electrons. The highest BCUT2D eigenvalue weighted by Gasteiger charge is 2.27. The topological polar surface area (TPSA) is 105 Å². The van der Waals surface area contributed by atoms with Gasteiger partial charge in [0.25, 0.3) is 0 Å². The first-order chi connectivity index (χ1) is 33.0. The number of unbranched alkanes of at least 4 members (excludes halogenated alkanes) is 16. The molecule has 0 bridgehead atoms. The number of hydrogen-bond acceptors (Lipinski definition) is 5. The normalized spacial score (nSPS) is 15.0. The highest BCUT2D eigenvalue weighted by atomic mass is 31.2. The maximum atomic E-state index is 12.9. The lowest BCUT2D eigenvalue weighted by Crippen LogP contribution is -2.45. The van der Waals surface area contributed by atoms with Gasteiger partial charge in [-0.25, -0.2) is 4.57 Å². The van der Waals surface area contributed by atoms with Gasteiger partial charge in [-0.2, -0.15) is 0 Å². The molecule has 0 aromatic heterocycles. The number of phosphoric acid groups is 1. The minimum atomic E-state index is -4.37. The number of carbonyl (C=O) groups excluding carboxylic acids is 1. The zero-order chi connectivity index (χ0) is 49.9. The Kier molecular flexibility index (Phi) is 46.7. The fraction of sp³-hybridized carbons (Fsp3) is 0.644. The summed E-state index contributed by atoms with van der Waals surface area (Å²) in [6.07, 6.45) is 72.9. The van der Waals surface area contributed by atoms with Gasteiger partial charge in [0.2, 0.25) is 5.91 Å². The molecule has 388 valence electrons. The molecule has 0 aromatic carbocycles. The average molecular weight is 966 g/mol. The highest BCUT2D eigenvalue weighted by Crippen LogP contribution is 2.43. The Bertz CT molecular complexity index is 1510. The summed E-state index contributed by atoms with van der Waals surface area (Å²) in [5, 5.41) is 13.9. The number of nitrogens with zero attached hydrogens (tertiary/aromatic N) is 1. The second-order valence-electron chi connectivity index (χ2n) is 18.9. The summed E-state index contributed by atoms with van der Waals surface area (Å²) in [5.74, 6) is -0.234. The van der Waals surface area contributed by atoms with Gasteiger partial charge in [0.15, 0.2) is 0 Å². The van der Waals surface area contributed by atoms with Crippen LogP contribution in [0.3, 0.4) is 0 Å². The molecule has 0 aliphatic carbocycles. The van der Waals surface area contributed by atoms with Gasteiger partial charge in [0.1, 0.15) is 13.2 Å². The van der Waals surface area contributed by atoms with E-state index < -0.39 is 20.0 Å². The molecule has 3 unspecified atom stereocenters. The van der Waals surface area contributed by atoms with Crippen LogP contribution in [-0.4, -0.2) is 73.4 Å². The van der Waals surface area contributed by atoms with E-state index in [-0.39, 0.29) is 25.5 Å². The fourth-order valence-corrected chi connectivity index (χ4v) is 7.69. The largest absolute Gasteiger partial charge is 0.472 e. The molecular formula is C59H102N2O6P+. The molecule has 3 atom stereocenters. The van der Waals surface area contributed by atoms with E-state index in [4.69, 9.17) is 9.05 Å². The first-order valence-electron chi connectivity index (χ1n) is 26.9. The van der Waals surface area contributed by atoms with Crippen LogP contribution in [0.15, 0.2) is 122 Å². The van der Waals surface area contributed by atoms with Crippen LogP contribution >= 0.6 is 7.82 Å². The molecule has 3 N–H and O–H groups in total. The van der Waals surface area contributed by atoms with E-state index in [0.717, 1.165) is 83.5 Å². The number of nitrogens with one attached hydrogen (secondary N) is 1. The molecule has 68 heavy (non-hydrogen) atoms. The Balaban J connectivity index is 4.45. The summed E-state index contributed by atoms with van der Waals surface area (Å²) < 4.78 is 23.6. The monoisotopic (exact) mass is 966 g/mol. The predicted molar refractivity (Wildman–Crippen MR) is 295 cm³/mol. The zero-order valence-electron chi connectivity index (χ0n) is 44.0. The van der Waals surface area contributed by atoms with Crippen LogP contribution in [0.1, 0.15) is 194 Å². The number of carbonyl (C=O) groups is 1. The first-order valence-corrected chi connectivity index (χ1v) is 28.4. The van der Waals surface area contributed by atoms with Crippen molar-refractivity contribution in [2.75, 3.05) is 40.9 Å². The zero-order valence-corrected chi connectivity index (χ0v) is 44.9. The number of aliphatic hydroxyl groups excluding tert-OH is 1. The molecule has 0 spiro atoms. The molecule has 9 heteroatoms. The van der Waals surface area contributed by atoms with Crippen molar-refractivity contribution in [3.05, 3.63) is 122 Å². The third-order valence-corrected chi connectivity index (χ3v) is 12.1. The molecule has 0 saturated heterocycles. The van der Waals surface area contributed by atoms with Gasteiger partial charge in [0, 0.05) is 6.42 Å². The quantitative estimate of drug-likeness (QED) is 0.0243. The third kappa shape index (κ3) is 50.8. The lowest BCUT2D eigenvalue weighted by molar-refractivity contribution is -0.870. The minimum absolute atomic E-state index is 0.0404. The predicted octanol–water partition coefficient (Wildman–Crippen LogP) is 16.2. The molecule has 0 rings (SSSR count). The summed E-state index contributed by atoms with van der Waals surface area (Å²) >= 11 is 0. The minimum Gasteiger partial charge on any atom is -0.387 e. The smallest absolute Gasteiger partial charge is 0.387 e. The lowest BCUT2D eigenvalue weighted by Gasteiger charge is -2.25. The fourth-order valence-electron chi connectivity index (χ4n) is 6.95. The van der Waals surface area contributed by atoms with Gasteiger partial charge < -0.3 is 19.8 Å². The van der Waals surface area contributed by atoms with Gasteiger partial charge in [-0.05, 0) is 96.3 Å². The SMILES string of the molecule is CC/C=C\C/C=C\C/C=C\C/C=C\C/C=C\C/C=C\C/C=C\C/C=C\CCCCC(=O)NC(COP(=O)(O)OCC[N+](C)(C)C)C(O)/C=C/CC/C=C/CCCCCCCCCCCCCCC. The van der Waals surface area contributed by atoms with E-state index in [2.05, 4.69) is 129 Å². The van der Waals surface area contributed by atoms with Crippen LogP contribution in [0.25, 0.3) is 0 Å². The maximum Gasteiger partial charge on any atom is 0.472 e. The van der Waals surface area contributed by atoms with Crippen molar-refractivity contribution < 1.29 is 32.9 Å². The summed E-state index contributed by atoms with van der Waals surface area (Å²) in [4.78, 5) is 23.2. The van der Waals surface area contributed by atoms with Gasteiger partial charge in [0.05, 0.1) is 39.9 Å². The van der Waals surface area contributed by atoms with Crippen molar-refractivity contribution in [2.24, 2.45) is 0 Å². The molecule has 0 aliphatic rings. The van der Waals surface area contributed by atoms with E-state index in [1.165, 1.54) is 83.5 Å². The highest BCUT2D eigenvalue weighted by molar-refractivity contribution is 7.47. The van der Waals surface area contributed by atoms with Crippen LogP contribution in [-0.2, 0) is 18.4 Å². The Morgan fingerprint density at radius 2 is 0.897 bits per heavy atom. The first kappa shape index (κ1) is 64.9. The number of hydrogen-bond donors (Lipinski definition) is 3. The molecule has 0 aliphatic heterocycles. The van der Waals surface area contributed by atoms with Crippen molar-refractivity contribution >= 4 is 13.7 Å². The number of phosphoric ester groups is 1.